The third-order valence-electron chi connectivity index (χ3n) is 6.88. The molecule has 0 aliphatic heterocycles. The Bertz CT molecular complexity index is 1280. The highest BCUT2D eigenvalue weighted by atomic mass is 19.4. The predicted octanol–water partition coefficient (Wildman–Crippen LogP) is 8.17. The second kappa shape index (κ2) is 16.7. The number of rotatable bonds is 16. The Morgan fingerprint density at radius 2 is 1.09 bits per heavy atom. The molecule has 1 aromatic carbocycles. The van der Waals surface area contributed by atoms with Crippen molar-refractivity contribution in [3.05, 3.63) is 60.2 Å². The number of nitrogens with zero attached hydrogens (tertiary/aromatic N) is 4. The fraction of sp³-hybridized carbons (Fsp3) is 0.500. The molecule has 0 radical (unpaired) electrons. The van der Waals surface area contributed by atoms with Gasteiger partial charge in [-0.2, -0.15) is 13.2 Å². The minimum Gasteiger partial charge on any atom is -0.459 e. The van der Waals surface area contributed by atoms with Gasteiger partial charge in [0, 0.05) is 35.9 Å². The predicted molar refractivity (Wildman–Crippen MR) is 156 cm³/mol. The van der Waals surface area contributed by atoms with Crippen molar-refractivity contribution < 1.29 is 32.2 Å². The zero-order valence-corrected chi connectivity index (χ0v) is 24.9. The Labute approximate surface area is 250 Å². The van der Waals surface area contributed by atoms with E-state index in [4.69, 9.17) is 9.47 Å². The van der Waals surface area contributed by atoms with Gasteiger partial charge in [0.1, 0.15) is 0 Å². The van der Waals surface area contributed by atoms with Crippen LogP contribution < -0.4 is 0 Å². The van der Waals surface area contributed by atoms with E-state index in [1.54, 1.807) is 24.3 Å². The highest BCUT2D eigenvalue weighted by molar-refractivity contribution is 5.89. The number of alkyl halides is 3. The number of hydrogen-bond donors (Lipinski definition) is 0. The van der Waals surface area contributed by atoms with Gasteiger partial charge in [-0.1, -0.05) is 76.6 Å². The van der Waals surface area contributed by atoms with Crippen LogP contribution in [0.2, 0.25) is 0 Å². The van der Waals surface area contributed by atoms with Gasteiger partial charge in [-0.25, -0.2) is 29.5 Å². The van der Waals surface area contributed by atoms with Crippen molar-refractivity contribution in [1.29, 1.82) is 0 Å². The van der Waals surface area contributed by atoms with Crippen LogP contribution in [-0.4, -0.2) is 50.3 Å². The highest BCUT2D eigenvalue weighted by Crippen LogP contribution is 2.28. The van der Waals surface area contributed by atoms with Gasteiger partial charge in [-0.05, 0) is 32.6 Å². The molecule has 0 fully saturated rings. The Kier molecular flexibility index (Phi) is 13.0. The lowest BCUT2D eigenvalue weighted by Gasteiger charge is -2.20. The van der Waals surface area contributed by atoms with Crippen LogP contribution in [0.5, 0.6) is 0 Å². The first-order valence-corrected chi connectivity index (χ1v) is 14.9. The highest BCUT2D eigenvalue weighted by Gasteiger charge is 2.42. The molecular formula is C32H39F3N4O4. The van der Waals surface area contributed by atoms with Crippen LogP contribution >= 0.6 is 0 Å². The smallest absolute Gasteiger partial charge is 0.425 e. The van der Waals surface area contributed by atoms with E-state index in [0.717, 1.165) is 50.9 Å². The molecule has 0 saturated heterocycles. The number of esters is 2. The summed E-state index contributed by atoms with van der Waals surface area (Å²) in [6, 6.07) is 6.95. The third kappa shape index (κ3) is 10.7. The quantitative estimate of drug-likeness (QED) is 0.120. The number of benzene rings is 1. The van der Waals surface area contributed by atoms with Gasteiger partial charge in [0.15, 0.2) is 17.8 Å². The molecule has 0 amide bonds. The maximum Gasteiger partial charge on any atom is 0.425 e. The summed E-state index contributed by atoms with van der Waals surface area (Å²) < 4.78 is 50.4. The second-order valence-electron chi connectivity index (χ2n) is 10.5. The summed E-state index contributed by atoms with van der Waals surface area (Å²) in [5, 5.41) is 0. The Morgan fingerprint density at radius 1 is 0.674 bits per heavy atom. The van der Waals surface area contributed by atoms with Gasteiger partial charge in [-0.3, -0.25) is 0 Å². The van der Waals surface area contributed by atoms with E-state index in [-0.39, 0.29) is 29.5 Å². The molecule has 0 bridgehead atoms. The zero-order chi connectivity index (χ0) is 31.2. The molecule has 2 atom stereocenters. The van der Waals surface area contributed by atoms with Crippen molar-refractivity contribution in [2.75, 3.05) is 0 Å². The molecule has 0 aliphatic carbocycles. The van der Waals surface area contributed by atoms with Crippen molar-refractivity contribution in [1.82, 2.24) is 19.9 Å². The molecule has 2 heterocycles. The summed E-state index contributed by atoms with van der Waals surface area (Å²) in [5.74, 6) is -0.901. The standard InChI is InChI=1S/C32H39F3N4O4/c1-4-6-8-10-12-22(3)42-30(40)25-18-36-28(37-19-25)23-14-16-24(17-15-23)29-38-20-26(21-39-29)31(41)43-27(32(33,34)35)13-11-9-7-5-2/h14-22,27H,4-13H2,1-3H3/t22-,27+/m1/s1. The van der Waals surface area contributed by atoms with Crippen molar-refractivity contribution in [2.24, 2.45) is 0 Å². The van der Waals surface area contributed by atoms with E-state index < -0.39 is 24.2 Å². The van der Waals surface area contributed by atoms with E-state index in [9.17, 15) is 22.8 Å². The lowest BCUT2D eigenvalue weighted by atomic mass is 10.1. The van der Waals surface area contributed by atoms with Crippen LogP contribution in [0.4, 0.5) is 13.2 Å². The molecule has 0 saturated carbocycles. The number of aromatic nitrogens is 4. The molecule has 3 aromatic rings. The van der Waals surface area contributed by atoms with E-state index in [1.165, 1.54) is 18.8 Å². The van der Waals surface area contributed by atoms with Crippen molar-refractivity contribution in [2.45, 2.75) is 103 Å². The summed E-state index contributed by atoms with van der Waals surface area (Å²) >= 11 is 0. The largest absolute Gasteiger partial charge is 0.459 e. The number of carbonyl (C=O) groups excluding carboxylic acids is 2. The van der Waals surface area contributed by atoms with Gasteiger partial charge >= 0.3 is 18.1 Å². The Balaban J connectivity index is 1.57. The van der Waals surface area contributed by atoms with Crippen LogP contribution in [0.1, 0.15) is 106 Å². The van der Waals surface area contributed by atoms with Crippen LogP contribution in [0.15, 0.2) is 49.1 Å². The first-order chi connectivity index (χ1) is 20.6. The molecule has 0 unspecified atom stereocenters. The third-order valence-corrected chi connectivity index (χ3v) is 6.88. The lowest BCUT2D eigenvalue weighted by Crippen LogP contribution is -2.34. The topological polar surface area (TPSA) is 104 Å². The summed E-state index contributed by atoms with van der Waals surface area (Å²) in [7, 11) is 0. The van der Waals surface area contributed by atoms with Crippen LogP contribution in [0.3, 0.4) is 0 Å². The van der Waals surface area contributed by atoms with Crippen LogP contribution in [-0.2, 0) is 9.47 Å². The summed E-state index contributed by atoms with van der Waals surface area (Å²) in [6.45, 7) is 5.99. The zero-order valence-electron chi connectivity index (χ0n) is 24.9. The fourth-order valence-electron chi connectivity index (χ4n) is 4.34. The molecule has 0 aliphatic rings. The number of carbonyl (C=O) groups is 2. The van der Waals surface area contributed by atoms with E-state index in [1.807, 2.05) is 13.8 Å². The minimum atomic E-state index is -4.65. The van der Waals surface area contributed by atoms with Gasteiger partial charge in [-0.15, -0.1) is 0 Å². The van der Waals surface area contributed by atoms with Gasteiger partial charge in [0.2, 0.25) is 0 Å². The first kappa shape index (κ1) is 33.6. The van der Waals surface area contributed by atoms with Gasteiger partial charge in [0.25, 0.3) is 0 Å². The van der Waals surface area contributed by atoms with Crippen LogP contribution in [0.25, 0.3) is 22.8 Å². The SMILES string of the molecule is CCCCCC[C@@H](C)OC(=O)c1cnc(-c2ccc(-c3ncc(C(=O)O[C@@H](CCCCCC)C(F)(F)F)cn3)cc2)nc1. The fourth-order valence-corrected chi connectivity index (χ4v) is 4.34. The van der Waals surface area contributed by atoms with E-state index in [0.29, 0.717) is 29.8 Å². The summed E-state index contributed by atoms with van der Waals surface area (Å²) in [6.07, 6.45) is 5.79. The molecule has 43 heavy (non-hydrogen) atoms. The lowest BCUT2D eigenvalue weighted by molar-refractivity contribution is -0.206. The van der Waals surface area contributed by atoms with Gasteiger partial charge in [0.05, 0.1) is 17.2 Å². The average Bonchev–Trinajstić information content (AvgIpc) is 3.00. The van der Waals surface area contributed by atoms with E-state index >= 15 is 0 Å². The molecule has 11 heteroatoms. The monoisotopic (exact) mass is 600 g/mol. The first-order valence-electron chi connectivity index (χ1n) is 14.9. The molecule has 232 valence electrons. The molecule has 0 N–H and O–H groups in total. The minimum absolute atomic E-state index is 0.166. The number of halogens is 3. The molecule has 3 rings (SSSR count). The maximum atomic E-state index is 13.4. The summed E-state index contributed by atoms with van der Waals surface area (Å²) in [4.78, 5) is 41.7. The summed E-state index contributed by atoms with van der Waals surface area (Å²) in [5.41, 5.74) is 1.40. The van der Waals surface area contributed by atoms with Crippen LogP contribution in [0, 0.1) is 0 Å². The number of ether oxygens (including phenoxy) is 2. The Hall–Kier alpha value is -3.89. The molecular weight excluding hydrogens is 561 g/mol. The number of hydrogen-bond acceptors (Lipinski definition) is 8. The molecule has 2 aromatic heterocycles. The average molecular weight is 601 g/mol. The second-order valence-corrected chi connectivity index (χ2v) is 10.5. The number of unbranched alkanes of at least 4 members (excludes halogenated alkanes) is 6. The normalized spacial score (nSPS) is 12.9. The van der Waals surface area contributed by atoms with E-state index in [2.05, 4.69) is 26.9 Å². The maximum absolute atomic E-state index is 13.4. The van der Waals surface area contributed by atoms with Gasteiger partial charge < -0.3 is 9.47 Å². The van der Waals surface area contributed by atoms with Crippen molar-refractivity contribution in [3.63, 3.8) is 0 Å². The van der Waals surface area contributed by atoms with Crippen molar-refractivity contribution >= 4 is 11.9 Å². The van der Waals surface area contributed by atoms with Crippen molar-refractivity contribution in [3.8, 4) is 22.8 Å². The Morgan fingerprint density at radius 3 is 1.51 bits per heavy atom. The molecule has 0 spiro atoms. The molecule has 8 nitrogen and oxygen atoms in total.